The lowest BCUT2D eigenvalue weighted by Gasteiger charge is -2.28. The first-order chi connectivity index (χ1) is 21.9. The van der Waals surface area contributed by atoms with Crippen molar-refractivity contribution in [3.63, 3.8) is 0 Å². The number of benzene rings is 1. The molecule has 1 aliphatic carbocycles. The molecule has 0 radical (unpaired) electrons. The molecule has 45 heavy (non-hydrogen) atoms. The molecule has 3 fully saturated rings. The molecule has 2 amide bonds. The minimum Gasteiger partial charge on any atom is -0.357 e. The minimum atomic E-state index is -1.05. The maximum Gasteiger partial charge on any atom is 0.254 e. The Kier molecular flexibility index (Phi) is 7.47. The lowest BCUT2D eigenvalue weighted by Crippen LogP contribution is -2.51. The molecule has 3 aromatic heterocycles. The number of aromatic nitrogens is 2. The van der Waals surface area contributed by atoms with Gasteiger partial charge in [0.25, 0.3) is 5.91 Å². The number of nitrogens with zero attached hydrogens (tertiary/aromatic N) is 5. The molecule has 2 atom stereocenters. The Labute approximate surface area is 264 Å². The molecule has 10 heteroatoms. The molecule has 2 saturated heterocycles. The molecule has 1 N–H and O–H groups in total. The van der Waals surface area contributed by atoms with Crippen LogP contribution >= 0.6 is 11.3 Å². The van der Waals surface area contributed by atoms with Crippen molar-refractivity contribution in [2.75, 3.05) is 13.1 Å². The van der Waals surface area contributed by atoms with Crippen molar-refractivity contribution in [2.45, 2.75) is 30.8 Å². The van der Waals surface area contributed by atoms with Crippen molar-refractivity contribution in [1.29, 1.82) is 5.26 Å². The second-order valence-electron chi connectivity index (χ2n) is 11.9. The monoisotopic (exact) mass is 614 g/mol. The molecule has 0 spiro atoms. The topological polar surface area (TPSA) is 119 Å². The fraction of sp³-hybridized carbons (Fsp3) is 0.257. The van der Waals surface area contributed by atoms with Gasteiger partial charge < -0.3 is 10.2 Å². The number of piperidine rings is 1. The van der Waals surface area contributed by atoms with Gasteiger partial charge in [0.2, 0.25) is 5.91 Å². The number of hydrogen-bond acceptors (Lipinski definition) is 8. The van der Waals surface area contributed by atoms with Crippen LogP contribution < -0.4 is 5.32 Å². The summed E-state index contributed by atoms with van der Waals surface area (Å²) in [5.74, 6) is 0.482. The Hall–Kier alpha value is -5.14. The summed E-state index contributed by atoms with van der Waals surface area (Å²) in [5.41, 5.74) is 1.73. The van der Waals surface area contributed by atoms with Gasteiger partial charge in [0, 0.05) is 85.1 Å². The van der Waals surface area contributed by atoms with E-state index in [9.17, 15) is 19.6 Å². The minimum absolute atomic E-state index is 0.0918. The molecule has 0 bridgehead atoms. The molecule has 9 nitrogen and oxygen atoms in total. The number of ketones is 1. The van der Waals surface area contributed by atoms with Crippen molar-refractivity contribution in [3.05, 3.63) is 130 Å². The van der Waals surface area contributed by atoms with Gasteiger partial charge in [0.15, 0.2) is 5.78 Å². The summed E-state index contributed by atoms with van der Waals surface area (Å²) >= 11 is 1.58. The summed E-state index contributed by atoms with van der Waals surface area (Å²) in [6.45, 7) is 1.17. The summed E-state index contributed by atoms with van der Waals surface area (Å²) < 4.78 is 0. The van der Waals surface area contributed by atoms with Crippen molar-refractivity contribution >= 4 is 28.9 Å². The molecular weight excluding hydrogens is 584 g/mol. The second-order valence-corrected chi connectivity index (χ2v) is 12.9. The summed E-state index contributed by atoms with van der Waals surface area (Å²) in [7, 11) is 0. The summed E-state index contributed by atoms with van der Waals surface area (Å²) in [6, 6.07) is 20.0. The molecule has 5 heterocycles. The van der Waals surface area contributed by atoms with E-state index in [2.05, 4.69) is 21.4 Å². The highest BCUT2D eigenvalue weighted by atomic mass is 32.1. The molecular formula is C35H30N6O3S. The Bertz CT molecular complexity index is 1750. The lowest BCUT2D eigenvalue weighted by molar-refractivity contribution is -0.133. The van der Waals surface area contributed by atoms with Crippen molar-refractivity contribution in [3.8, 4) is 6.07 Å². The number of amides is 2. The molecule has 3 aliphatic rings. The van der Waals surface area contributed by atoms with Gasteiger partial charge in [0.05, 0.1) is 18.1 Å². The van der Waals surface area contributed by atoms with Gasteiger partial charge in [-0.1, -0.05) is 6.07 Å². The van der Waals surface area contributed by atoms with E-state index in [0.29, 0.717) is 49.3 Å². The predicted molar refractivity (Wildman–Crippen MR) is 168 cm³/mol. The Balaban J connectivity index is 1.21. The average molecular weight is 615 g/mol. The first-order valence-corrected chi connectivity index (χ1v) is 15.8. The second kappa shape index (κ2) is 11.7. The van der Waals surface area contributed by atoms with Crippen molar-refractivity contribution < 1.29 is 14.4 Å². The number of carbonyl (C=O) groups excluding carboxylic acids is 3. The van der Waals surface area contributed by atoms with Gasteiger partial charge >= 0.3 is 0 Å². The predicted octanol–water partition coefficient (Wildman–Crippen LogP) is 3.79. The van der Waals surface area contributed by atoms with E-state index in [1.54, 1.807) is 65.3 Å². The number of nitrogens with one attached hydrogen (secondary N) is 1. The van der Waals surface area contributed by atoms with E-state index in [0.717, 1.165) is 16.0 Å². The molecule has 7 rings (SSSR count). The van der Waals surface area contributed by atoms with Crippen LogP contribution in [-0.4, -0.2) is 62.0 Å². The third-order valence-corrected chi connectivity index (χ3v) is 9.91. The van der Waals surface area contributed by atoms with Crippen LogP contribution in [0.4, 0.5) is 0 Å². The number of fused-ring (bicyclic) bond motifs is 1. The molecule has 1 aromatic carbocycles. The molecule has 224 valence electrons. The third-order valence-electron chi connectivity index (χ3n) is 9.04. The highest BCUT2D eigenvalue weighted by Gasteiger charge is 2.64. The van der Waals surface area contributed by atoms with E-state index in [-0.39, 0.29) is 35.5 Å². The van der Waals surface area contributed by atoms with Crippen LogP contribution in [0.2, 0.25) is 0 Å². The average Bonchev–Trinajstić information content (AvgIpc) is 3.44. The van der Waals surface area contributed by atoms with Crippen LogP contribution in [0.25, 0.3) is 0 Å². The SMILES string of the molecule is N#Cc1ccc(C(=O)C=C2NC(Cc3ccncc3)(Cc3ccncc3)C(=O)N2C2C3CN(C(=O)Cc4cccs4)CC32)cc1. The van der Waals surface area contributed by atoms with E-state index in [1.165, 1.54) is 6.08 Å². The molecule has 1 saturated carbocycles. The van der Waals surface area contributed by atoms with Gasteiger partial charge in [0.1, 0.15) is 11.4 Å². The van der Waals surface area contributed by atoms with E-state index < -0.39 is 5.54 Å². The quantitative estimate of drug-likeness (QED) is 0.225. The largest absolute Gasteiger partial charge is 0.357 e. The van der Waals surface area contributed by atoms with E-state index >= 15 is 0 Å². The number of pyridine rings is 2. The number of thiophene rings is 1. The zero-order valence-corrected chi connectivity index (χ0v) is 25.2. The standard InChI is InChI=1S/C35H30N6O3S/c36-20-25-3-5-26(6-4-25)30(42)17-31-39-35(18-23-7-11-37-12-8-23,19-24-9-13-38-14-10-24)34(44)41(31)33-28-21-40(22-29(28)33)32(43)16-27-2-1-15-45-27/h1-15,17,28-29,33,39H,16,18-19,21-22H2. The molecule has 4 aromatic rings. The summed E-state index contributed by atoms with van der Waals surface area (Å²) in [5, 5.41) is 14.7. The fourth-order valence-electron chi connectivity index (χ4n) is 6.77. The van der Waals surface area contributed by atoms with E-state index in [4.69, 9.17) is 0 Å². The Morgan fingerprint density at radius 2 is 1.58 bits per heavy atom. The number of nitriles is 1. The van der Waals surface area contributed by atoms with Crippen molar-refractivity contribution in [1.82, 2.24) is 25.1 Å². The van der Waals surface area contributed by atoms with Crippen LogP contribution in [-0.2, 0) is 28.9 Å². The number of allylic oxidation sites excluding steroid dienone is 1. The normalized spacial score (nSPS) is 22.2. The van der Waals surface area contributed by atoms with Gasteiger partial charge in [-0.25, -0.2) is 0 Å². The van der Waals surface area contributed by atoms with Crippen LogP contribution in [0.3, 0.4) is 0 Å². The highest BCUT2D eigenvalue weighted by molar-refractivity contribution is 7.10. The van der Waals surface area contributed by atoms with Gasteiger partial charge in [-0.3, -0.25) is 29.3 Å². The van der Waals surface area contributed by atoms with E-state index in [1.807, 2.05) is 46.7 Å². The lowest BCUT2D eigenvalue weighted by atomic mass is 9.85. The number of carbonyl (C=O) groups is 3. The Morgan fingerprint density at radius 3 is 2.13 bits per heavy atom. The Morgan fingerprint density at radius 1 is 0.956 bits per heavy atom. The van der Waals surface area contributed by atoms with Crippen molar-refractivity contribution in [2.24, 2.45) is 11.8 Å². The zero-order valence-electron chi connectivity index (χ0n) is 24.4. The summed E-state index contributed by atoms with van der Waals surface area (Å²) in [4.78, 5) is 54.4. The molecule has 2 aliphatic heterocycles. The number of hydrogen-bond donors (Lipinski definition) is 1. The van der Waals surface area contributed by atoms with Gasteiger partial charge in [-0.2, -0.15) is 5.26 Å². The number of rotatable bonds is 9. The van der Waals surface area contributed by atoms with Crippen LogP contribution in [0, 0.1) is 23.2 Å². The zero-order chi connectivity index (χ0) is 31.0. The first-order valence-electron chi connectivity index (χ1n) is 14.9. The fourth-order valence-corrected chi connectivity index (χ4v) is 7.47. The first kappa shape index (κ1) is 28.6. The highest BCUT2D eigenvalue weighted by Crippen LogP contribution is 2.52. The van der Waals surface area contributed by atoms with Gasteiger partial charge in [-0.05, 0) is 71.1 Å². The van der Waals surface area contributed by atoms with Crippen LogP contribution in [0.1, 0.15) is 31.9 Å². The van der Waals surface area contributed by atoms with Gasteiger partial charge in [-0.15, -0.1) is 11.3 Å². The summed E-state index contributed by atoms with van der Waals surface area (Å²) in [6.07, 6.45) is 9.53. The maximum absolute atomic E-state index is 14.8. The molecule has 2 unspecified atom stereocenters. The number of likely N-dealkylation sites (tertiary alicyclic amines) is 1. The third kappa shape index (κ3) is 5.63. The van der Waals surface area contributed by atoms with Crippen LogP contribution in [0.15, 0.2) is 103 Å². The smallest absolute Gasteiger partial charge is 0.254 e. The van der Waals surface area contributed by atoms with Crippen LogP contribution in [0.5, 0.6) is 0 Å². The maximum atomic E-state index is 14.8.